The van der Waals surface area contributed by atoms with Crippen molar-refractivity contribution in [2.45, 2.75) is 44.9 Å². The van der Waals surface area contributed by atoms with Crippen LogP contribution in [-0.2, 0) is 4.79 Å². The van der Waals surface area contributed by atoms with Crippen LogP contribution in [0.2, 0.25) is 0 Å². The molecule has 0 spiro atoms. The first kappa shape index (κ1) is 18.1. The molecule has 0 saturated heterocycles. The molecule has 27 heavy (non-hydrogen) atoms. The van der Waals surface area contributed by atoms with E-state index in [2.05, 4.69) is 10.5 Å². The number of hydrogen-bond donors (Lipinski definition) is 2. The van der Waals surface area contributed by atoms with Crippen molar-refractivity contribution >= 4 is 12.1 Å². The molecular weight excluding hydrogens is 344 g/mol. The zero-order chi connectivity index (χ0) is 19.0. The lowest BCUT2D eigenvalue weighted by Gasteiger charge is -2.56. The molecule has 0 unspecified atom stereocenters. The minimum atomic E-state index is -0.0528. The number of methoxy groups -OCH3 is 2. The predicted molar refractivity (Wildman–Crippen MR) is 102 cm³/mol. The fourth-order valence-electron chi connectivity index (χ4n) is 6.05. The second-order valence-electron chi connectivity index (χ2n) is 8.66. The summed E-state index contributed by atoms with van der Waals surface area (Å²) in [6.45, 7) is 0. The van der Waals surface area contributed by atoms with Crippen LogP contribution in [0, 0.1) is 23.2 Å². The molecule has 1 amide bonds. The van der Waals surface area contributed by atoms with Crippen LogP contribution in [0.25, 0.3) is 0 Å². The summed E-state index contributed by atoms with van der Waals surface area (Å²) in [5.74, 6) is 3.05. The van der Waals surface area contributed by atoms with Crippen molar-refractivity contribution in [3.8, 4) is 17.2 Å². The van der Waals surface area contributed by atoms with Gasteiger partial charge in [0.15, 0.2) is 11.5 Å². The van der Waals surface area contributed by atoms with Crippen molar-refractivity contribution in [3.63, 3.8) is 0 Å². The average Bonchev–Trinajstić information content (AvgIpc) is 2.61. The number of hydrogen-bond acceptors (Lipinski definition) is 5. The first-order chi connectivity index (χ1) is 13.0. The van der Waals surface area contributed by atoms with Crippen LogP contribution in [0.15, 0.2) is 17.2 Å². The third-order valence-electron chi connectivity index (χ3n) is 6.61. The maximum atomic E-state index is 12.5. The lowest BCUT2D eigenvalue weighted by Crippen LogP contribution is -2.47. The van der Waals surface area contributed by atoms with Gasteiger partial charge in [0.2, 0.25) is 11.7 Å². The summed E-state index contributed by atoms with van der Waals surface area (Å²) in [6, 6.07) is 3.29. The zero-order valence-electron chi connectivity index (χ0n) is 16.0. The number of amides is 1. The van der Waals surface area contributed by atoms with Gasteiger partial charge in [0.1, 0.15) is 0 Å². The van der Waals surface area contributed by atoms with Crippen molar-refractivity contribution in [3.05, 3.63) is 17.7 Å². The Balaban J connectivity index is 1.38. The smallest absolute Gasteiger partial charge is 0.240 e. The minimum absolute atomic E-state index is 0.00842. The first-order valence-electron chi connectivity index (χ1n) is 9.77. The third kappa shape index (κ3) is 3.62. The Morgan fingerprint density at radius 3 is 2.15 bits per heavy atom. The second kappa shape index (κ2) is 7.06. The Morgan fingerprint density at radius 2 is 1.67 bits per heavy atom. The molecule has 2 N–H and O–H groups in total. The molecule has 146 valence electrons. The van der Waals surface area contributed by atoms with E-state index < -0.39 is 0 Å². The average molecular weight is 372 g/mol. The molecule has 1 aromatic carbocycles. The van der Waals surface area contributed by atoms with Crippen LogP contribution < -0.4 is 14.9 Å². The quantitative estimate of drug-likeness (QED) is 0.592. The van der Waals surface area contributed by atoms with Crippen molar-refractivity contribution < 1.29 is 19.4 Å². The summed E-state index contributed by atoms with van der Waals surface area (Å²) in [6.07, 6.45) is 9.89. The number of phenolic OH excluding ortho intramolecular Hbond substituents is 1. The molecule has 0 heterocycles. The molecule has 1 aromatic rings. The van der Waals surface area contributed by atoms with E-state index in [1.165, 1.54) is 52.7 Å². The van der Waals surface area contributed by atoms with E-state index in [1.54, 1.807) is 18.3 Å². The number of ether oxygens (including phenoxy) is 2. The number of hydrazone groups is 1. The molecule has 4 bridgehead atoms. The number of carbonyl (C=O) groups excluding carboxylic acids is 1. The van der Waals surface area contributed by atoms with E-state index in [9.17, 15) is 9.90 Å². The number of aromatic hydroxyl groups is 1. The van der Waals surface area contributed by atoms with Crippen LogP contribution in [0.4, 0.5) is 0 Å². The molecule has 6 heteroatoms. The van der Waals surface area contributed by atoms with E-state index in [-0.39, 0.29) is 17.1 Å². The maximum absolute atomic E-state index is 12.5. The molecule has 0 atom stereocenters. The van der Waals surface area contributed by atoms with Gasteiger partial charge in [-0.3, -0.25) is 4.79 Å². The second-order valence-corrected chi connectivity index (χ2v) is 8.66. The maximum Gasteiger partial charge on any atom is 0.240 e. The Morgan fingerprint density at radius 1 is 1.15 bits per heavy atom. The van der Waals surface area contributed by atoms with Gasteiger partial charge in [-0.1, -0.05) is 0 Å². The summed E-state index contributed by atoms with van der Waals surface area (Å²) >= 11 is 0. The summed E-state index contributed by atoms with van der Waals surface area (Å²) < 4.78 is 10.3. The van der Waals surface area contributed by atoms with Crippen molar-refractivity contribution in [1.82, 2.24) is 5.43 Å². The highest BCUT2D eigenvalue weighted by Gasteiger charge is 2.51. The first-order valence-corrected chi connectivity index (χ1v) is 9.77. The third-order valence-corrected chi connectivity index (χ3v) is 6.61. The Hall–Kier alpha value is -2.24. The van der Waals surface area contributed by atoms with Crippen LogP contribution in [-0.4, -0.2) is 31.4 Å². The number of nitrogens with one attached hydrogen (secondary N) is 1. The Bertz CT molecular complexity index is 698. The van der Waals surface area contributed by atoms with Crippen LogP contribution in [0.5, 0.6) is 17.2 Å². The molecule has 0 aliphatic heterocycles. The molecule has 4 aliphatic rings. The number of rotatable bonds is 6. The Kier molecular flexibility index (Phi) is 4.74. The summed E-state index contributed by atoms with van der Waals surface area (Å²) in [4.78, 5) is 12.5. The van der Waals surface area contributed by atoms with Gasteiger partial charge in [-0.15, -0.1) is 0 Å². The molecule has 4 aliphatic carbocycles. The summed E-state index contributed by atoms with van der Waals surface area (Å²) in [7, 11) is 2.95. The van der Waals surface area contributed by atoms with Crippen molar-refractivity contribution in [2.24, 2.45) is 28.3 Å². The van der Waals surface area contributed by atoms with Gasteiger partial charge in [0.05, 0.1) is 20.4 Å². The fourth-order valence-corrected chi connectivity index (χ4v) is 6.05. The number of phenols is 1. The molecule has 0 aromatic heterocycles. The summed E-state index contributed by atoms with van der Waals surface area (Å²) in [5, 5.41) is 14.1. The van der Waals surface area contributed by atoms with Gasteiger partial charge in [-0.2, -0.15) is 5.10 Å². The highest BCUT2D eigenvalue weighted by Crippen LogP contribution is 2.61. The van der Waals surface area contributed by atoms with E-state index in [4.69, 9.17) is 9.47 Å². The number of benzene rings is 1. The molecule has 5 rings (SSSR count). The molecule has 0 radical (unpaired) electrons. The normalized spacial score (nSPS) is 31.3. The topological polar surface area (TPSA) is 80.2 Å². The lowest BCUT2D eigenvalue weighted by atomic mass is 9.49. The van der Waals surface area contributed by atoms with Gasteiger partial charge >= 0.3 is 0 Å². The summed E-state index contributed by atoms with van der Waals surface area (Å²) in [5.41, 5.74) is 3.57. The molecule has 6 nitrogen and oxygen atoms in total. The monoisotopic (exact) mass is 372 g/mol. The molecule has 4 fully saturated rings. The SMILES string of the molecule is COc1cc(C=NNC(=O)CC23CC4CC(CC(C4)C2)C3)cc(OC)c1O. The minimum Gasteiger partial charge on any atom is -0.502 e. The van der Waals surface area contributed by atoms with Crippen LogP contribution in [0.1, 0.15) is 50.5 Å². The number of carbonyl (C=O) groups is 1. The van der Waals surface area contributed by atoms with Gasteiger partial charge < -0.3 is 14.6 Å². The van der Waals surface area contributed by atoms with Crippen LogP contribution >= 0.6 is 0 Å². The lowest BCUT2D eigenvalue weighted by molar-refractivity contribution is -0.129. The van der Waals surface area contributed by atoms with Gasteiger partial charge in [-0.25, -0.2) is 5.43 Å². The van der Waals surface area contributed by atoms with Gasteiger partial charge in [-0.05, 0) is 73.8 Å². The number of nitrogens with zero attached hydrogens (tertiary/aromatic N) is 1. The van der Waals surface area contributed by atoms with E-state index in [0.29, 0.717) is 23.5 Å². The molecular formula is C21H28N2O4. The predicted octanol–water partition coefficient (Wildman–Crippen LogP) is 3.47. The van der Waals surface area contributed by atoms with Gasteiger partial charge in [0, 0.05) is 12.0 Å². The zero-order valence-corrected chi connectivity index (χ0v) is 16.0. The largest absolute Gasteiger partial charge is 0.502 e. The van der Waals surface area contributed by atoms with Crippen LogP contribution in [0.3, 0.4) is 0 Å². The highest BCUT2D eigenvalue weighted by atomic mass is 16.5. The van der Waals surface area contributed by atoms with E-state index in [0.717, 1.165) is 17.8 Å². The highest BCUT2D eigenvalue weighted by molar-refractivity contribution is 5.84. The van der Waals surface area contributed by atoms with E-state index in [1.807, 2.05) is 0 Å². The van der Waals surface area contributed by atoms with E-state index >= 15 is 0 Å². The standard InChI is InChI=1S/C21H28N2O4/c1-26-17-6-16(7-18(27-2)20(17)25)12-22-23-19(24)11-21-8-13-3-14(9-21)5-15(4-13)10-21/h6-7,12-15,25H,3-5,8-11H2,1-2H3,(H,23,24). The van der Waals surface area contributed by atoms with Gasteiger partial charge in [0.25, 0.3) is 0 Å². The fraction of sp³-hybridized carbons (Fsp3) is 0.619. The van der Waals surface area contributed by atoms with Crippen molar-refractivity contribution in [2.75, 3.05) is 14.2 Å². The van der Waals surface area contributed by atoms with Crippen molar-refractivity contribution in [1.29, 1.82) is 0 Å². The molecule has 4 saturated carbocycles. The Labute approximate surface area is 159 Å².